The first kappa shape index (κ1) is 13.4. The number of anilines is 1. The van der Waals surface area contributed by atoms with Crippen LogP contribution in [0.2, 0.25) is 5.02 Å². The summed E-state index contributed by atoms with van der Waals surface area (Å²) in [6.45, 7) is 2.25. The van der Waals surface area contributed by atoms with Crippen molar-refractivity contribution in [3.63, 3.8) is 0 Å². The maximum absolute atomic E-state index is 12.2. The molecule has 1 amide bonds. The van der Waals surface area contributed by atoms with E-state index < -0.39 is 0 Å². The molecule has 3 N–H and O–H groups in total. The molecule has 0 spiro atoms. The van der Waals surface area contributed by atoms with Crippen LogP contribution in [0, 0.1) is 6.92 Å². The second kappa shape index (κ2) is 5.32. The Kier molecular flexibility index (Phi) is 3.76. The largest absolute Gasteiger partial charge is 0.395 e. The minimum absolute atomic E-state index is 0.211. The number of nitrogen functional groups attached to an aromatic ring is 1. The molecular formula is C13H15ClN4O. The van der Waals surface area contributed by atoms with Gasteiger partial charge in [-0.3, -0.25) is 9.89 Å². The Morgan fingerprint density at radius 3 is 2.58 bits per heavy atom. The highest BCUT2D eigenvalue weighted by molar-refractivity contribution is 6.30. The number of aryl methyl sites for hydroxylation is 1. The van der Waals surface area contributed by atoms with E-state index in [1.165, 1.54) is 0 Å². The molecule has 2 aromatic rings. The molecule has 1 aromatic carbocycles. The standard InChI is InChI=1S/C13H15ClN4O/c1-8-11(15)12(17-16-8)13(19)18(2)7-9-3-5-10(14)6-4-9/h3-6H,7,15H2,1-2H3,(H,16,17). The van der Waals surface area contributed by atoms with Gasteiger partial charge in [0.15, 0.2) is 5.69 Å². The first-order valence-corrected chi connectivity index (χ1v) is 6.17. The molecule has 19 heavy (non-hydrogen) atoms. The Bertz CT molecular complexity index is 591. The van der Waals surface area contributed by atoms with Crippen molar-refractivity contribution in [1.82, 2.24) is 15.1 Å². The normalized spacial score (nSPS) is 10.5. The van der Waals surface area contributed by atoms with Crippen LogP contribution < -0.4 is 5.73 Å². The van der Waals surface area contributed by atoms with Gasteiger partial charge in [0.25, 0.3) is 5.91 Å². The van der Waals surface area contributed by atoms with Gasteiger partial charge in [0.1, 0.15) is 0 Å². The third-order valence-corrected chi connectivity index (χ3v) is 3.13. The third-order valence-electron chi connectivity index (χ3n) is 2.88. The topological polar surface area (TPSA) is 75.0 Å². The number of halogens is 1. The molecule has 2 rings (SSSR count). The molecule has 0 aliphatic rings. The highest BCUT2D eigenvalue weighted by Gasteiger charge is 2.19. The maximum Gasteiger partial charge on any atom is 0.276 e. The highest BCUT2D eigenvalue weighted by atomic mass is 35.5. The van der Waals surface area contributed by atoms with Crippen LogP contribution >= 0.6 is 11.6 Å². The second-order valence-corrected chi connectivity index (χ2v) is 4.84. The average molecular weight is 279 g/mol. The molecule has 0 unspecified atom stereocenters. The summed E-state index contributed by atoms with van der Waals surface area (Å²) in [6.07, 6.45) is 0. The number of hydrogen-bond donors (Lipinski definition) is 2. The number of nitrogens with two attached hydrogens (primary N) is 1. The zero-order chi connectivity index (χ0) is 14.0. The predicted molar refractivity (Wildman–Crippen MR) is 75.0 cm³/mol. The van der Waals surface area contributed by atoms with Crippen LogP contribution in [0.15, 0.2) is 24.3 Å². The van der Waals surface area contributed by atoms with Gasteiger partial charge >= 0.3 is 0 Å². The van der Waals surface area contributed by atoms with E-state index in [4.69, 9.17) is 17.3 Å². The zero-order valence-corrected chi connectivity index (χ0v) is 11.5. The fourth-order valence-corrected chi connectivity index (χ4v) is 1.84. The monoisotopic (exact) mass is 278 g/mol. The fraction of sp³-hybridized carbons (Fsp3) is 0.231. The summed E-state index contributed by atoms with van der Waals surface area (Å²) >= 11 is 5.82. The van der Waals surface area contributed by atoms with Crippen LogP contribution in [0.5, 0.6) is 0 Å². The van der Waals surface area contributed by atoms with E-state index in [0.29, 0.717) is 22.9 Å². The summed E-state index contributed by atoms with van der Waals surface area (Å²) in [6, 6.07) is 7.35. The lowest BCUT2D eigenvalue weighted by atomic mass is 10.2. The number of carbonyl (C=O) groups is 1. The highest BCUT2D eigenvalue weighted by Crippen LogP contribution is 2.16. The van der Waals surface area contributed by atoms with Crippen LogP contribution in [-0.4, -0.2) is 28.1 Å². The predicted octanol–water partition coefficient (Wildman–Crippen LogP) is 2.23. The molecule has 0 aliphatic heterocycles. The molecular weight excluding hydrogens is 264 g/mol. The molecule has 100 valence electrons. The summed E-state index contributed by atoms with van der Waals surface area (Å²) in [4.78, 5) is 13.8. The van der Waals surface area contributed by atoms with Gasteiger partial charge in [-0.2, -0.15) is 5.10 Å². The van der Waals surface area contributed by atoms with Crippen molar-refractivity contribution < 1.29 is 4.79 Å². The van der Waals surface area contributed by atoms with E-state index in [-0.39, 0.29) is 11.6 Å². The number of carbonyl (C=O) groups excluding carboxylic acids is 1. The Hall–Kier alpha value is -2.01. The van der Waals surface area contributed by atoms with Crippen LogP contribution in [0.25, 0.3) is 0 Å². The van der Waals surface area contributed by atoms with E-state index in [1.54, 1.807) is 31.0 Å². The number of nitrogens with one attached hydrogen (secondary N) is 1. The Morgan fingerprint density at radius 2 is 2.05 bits per heavy atom. The van der Waals surface area contributed by atoms with Crippen molar-refractivity contribution in [1.29, 1.82) is 0 Å². The van der Waals surface area contributed by atoms with E-state index in [2.05, 4.69) is 10.2 Å². The lowest BCUT2D eigenvalue weighted by molar-refractivity contribution is 0.0780. The molecule has 1 heterocycles. The molecule has 0 saturated heterocycles. The average Bonchev–Trinajstić information content (AvgIpc) is 2.72. The number of benzene rings is 1. The molecule has 1 aromatic heterocycles. The number of aromatic nitrogens is 2. The quantitative estimate of drug-likeness (QED) is 0.904. The second-order valence-electron chi connectivity index (χ2n) is 4.40. The van der Waals surface area contributed by atoms with Gasteiger partial charge in [0, 0.05) is 18.6 Å². The number of hydrogen-bond acceptors (Lipinski definition) is 3. The van der Waals surface area contributed by atoms with Crippen molar-refractivity contribution in [2.24, 2.45) is 0 Å². The number of H-pyrrole nitrogens is 1. The summed E-state index contributed by atoms with van der Waals surface area (Å²) < 4.78 is 0. The first-order valence-electron chi connectivity index (χ1n) is 5.79. The van der Waals surface area contributed by atoms with Crippen molar-refractivity contribution in [3.8, 4) is 0 Å². The summed E-state index contributed by atoms with van der Waals surface area (Å²) in [5, 5.41) is 7.31. The SMILES string of the molecule is Cc1[nH]nc(C(=O)N(C)Cc2ccc(Cl)cc2)c1N. The molecule has 0 aliphatic carbocycles. The number of nitrogens with zero attached hydrogens (tertiary/aromatic N) is 2. The van der Waals surface area contributed by atoms with E-state index in [1.807, 2.05) is 12.1 Å². The van der Waals surface area contributed by atoms with Gasteiger partial charge < -0.3 is 10.6 Å². The van der Waals surface area contributed by atoms with Gasteiger partial charge in [0.2, 0.25) is 0 Å². The van der Waals surface area contributed by atoms with Gasteiger partial charge in [0.05, 0.1) is 11.4 Å². The molecule has 0 atom stereocenters. The smallest absolute Gasteiger partial charge is 0.276 e. The number of amides is 1. The minimum atomic E-state index is -0.211. The Labute approximate surface area is 116 Å². The molecule has 0 radical (unpaired) electrons. The first-order chi connectivity index (χ1) is 8.99. The minimum Gasteiger partial charge on any atom is -0.395 e. The molecule has 0 bridgehead atoms. The summed E-state index contributed by atoms with van der Waals surface area (Å²) in [7, 11) is 1.71. The van der Waals surface area contributed by atoms with Crippen LogP contribution in [-0.2, 0) is 6.54 Å². The van der Waals surface area contributed by atoms with E-state index in [9.17, 15) is 4.79 Å². The fourth-order valence-electron chi connectivity index (χ4n) is 1.72. The van der Waals surface area contributed by atoms with Gasteiger partial charge in [-0.15, -0.1) is 0 Å². The molecule has 5 nitrogen and oxygen atoms in total. The molecule has 0 saturated carbocycles. The third kappa shape index (κ3) is 2.88. The summed E-state index contributed by atoms with van der Waals surface area (Å²) in [5.74, 6) is -0.211. The van der Waals surface area contributed by atoms with Crippen molar-refractivity contribution >= 4 is 23.2 Å². The van der Waals surface area contributed by atoms with Crippen molar-refractivity contribution in [3.05, 3.63) is 46.2 Å². The van der Waals surface area contributed by atoms with E-state index in [0.717, 1.165) is 5.56 Å². The van der Waals surface area contributed by atoms with Gasteiger partial charge in [-0.25, -0.2) is 0 Å². The summed E-state index contributed by atoms with van der Waals surface area (Å²) in [5.41, 5.74) is 8.14. The Morgan fingerprint density at radius 1 is 1.42 bits per heavy atom. The maximum atomic E-state index is 12.2. The lowest BCUT2D eigenvalue weighted by Crippen LogP contribution is -2.27. The number of aromatic amines is 1. The van der Waals surface area contributed by atoms with Gasteiger partial charge in [-0.05, 0) is 24.6 Å². The molecule has 6 heteroatoms. The van der Waals surface area contributed by atoms with Gasteiger partial charge in [-0.1, -0.05) is 23.7 Å². The zero-order valence-electron chi connectivity index (χ0n) is 10.8. The molecule has 0 fully saturated rings. The van der Waals surface area contributed by atoms with Crippen molar-refractivity contribution in [2.75, 3.05) is 12.8 Å². The van der Waals surface area contributed by atoms with Crippen LogP contribution in [0.3, 0.4) is 0 Å². The lowest BCUT2D eigenvalue weighted by Gasteiger charge is -2.16. The van der Waals surface area contributed by atoms with E-state index >= 15 is 0 Å². The van der Waals surface area contributed by atoms with Crippen LogP contribution in [0.4, 0.5) is 5.69 Å². The Balaban J connectivity index is 2.11. The van der Waals surface area contributed by atoms with Crippen molar-refractivity contribution in [2.45, 2.75) is 13.5 Å². The van der Waals surface area contributed by atoms with Crippen LogP contribution in [0.1, 0.15) is 21.7 Å². The number of rotatable bonds is 3.